The minimum absolute atomic E-state index is 0.107. The summed E-state index contributed by atoms with van der Waals surface area (Å²) < 4.78 is 0.964. The van der Waals surface area contributed by atoms with E-state index in [0.717, 1.165) is 22.9 Å². The highest BCUT2D eigenvalue weighted by Gasteiger charge is 2.13. The minimum Gasteiger partial charge on any atom is -0.355 e. The number of amides is 2. The van der Waals surface area contributed by atoms with E-state index in [-0.39, 0.29) is 18.4 Å². The van der Waals surface area contributed by atoms with E-state index in [1.165, 1.54) is 6.08 Å². The molecule has 1 aromatic rings. The van der Waals surface area contributed by atoms with Gasteiger partial charge in [-0.15, -0.1) is 0 Å². The summed E-state index contributed by atoms with van der Waals surface area (Å²) in [5.74, 6) is -0.257. The summed E-state index contributed by atoms with van der Waals surface area (Å²) in [5, 5.41) is 2.79. The summed E-state index contributed by atoms with van der Waals surface area (Å²) in [5.41, 5.74) is 0.939. The van der Waals surface area contributed by atoms with Crippen molar-refractivity contribution in [3.05, 3.63) is 40.4 Å². The Bertz CT molecular complexity index is 529. The normalized spacial score (nSPS) is 10.7. The van der Waals surface area contributed by atoms with Gasteiger partial charge in [0.15, 0.2) is 0 Å². The van der Waals surface area contributed by atoms with Gasteiger partial charge in [0.2, 0.25) is 11.8 Å². The Kier molecular flexibility index (Phi) is 8.51. The van der Waals surface area contributed by atoms with Gasteiger partial charge in [-0.25, -0.2) is 0 Å². The van der Waals surface area contributed by atoms with Gasteiger partial charge in [-0.3, -0.25) is 9.59 Å². The van der Waals surface area contributed by atoms with E-state index in [9.17, 15) is 9.59 Å². The second kappa shape index (κ2) is 10.2. The molecule has 2 amide bonds. The molecular weight excluding hydrogens is 344 g/mol. The van der Waals surface area contributed by atoms with Crippen molar-refractivity contribution in [2.24, 2.45) is 0 Å². The van der Waals surface area contributed by atoms with Gasteiger partial charge in [-0.1, -0.05) is 41.9 Å². The van der Waals surface area contributed by atoms with Gasteiger partial charge in [-0.2, -0.15) is 0 Å². The van der Waals surface area contributed by atoms with Gasteiger partial charge >= 0.3 is 0 Å². The molecule has 1 N–H and O–H groups in total. The van der Waals surface area contributed by atoms with Gasteiger partial charge in [0, 0.05) is 23.6 Å². The lowest BCUT2D eigenvalue weighted by Crippen LogP contribution is -2.40. The molecule has 1 aromatic carbocycles. The Morgan fingerprint density at radius 2 is 2.05 bits per heavy atom. The van der Waals surface area contributed by atoms with Crippen molar-refractivity contribution in [2.45, 2.75) is 26.7 Å². The molecule has 0 radical (unpaired) electrons. The SMILES string of the molecule is CCCNC(=O)CN(CCC)C(=O)/C=C/c1cccc(Br)c1. The van der Waals surface area contributed by atoms with Crippen LogP contribution in [-0.2, 0) is 9.59 Å². The zero-order valence-corrected chi connectivity index (χ0v) is 14.7. The highest BCUT2D eigenvalue weighted by molar-refractivity contribution is 9.10. The molecule has 0 aromatic heterocycles. The van der Waals surface area contributed by atoms with E-state index >= 15 is 0 Å². The average Bonchev–Trinajstić information content (AvgIpc) is 2.50. The van der Waals surface area contributed by atoms with Crippen LogP contribution in [0.15, 0.2) is 34.8 Å². The van der Waals surface area contributed by atoms with Crippen molar-refractivity contribution < 1.29 is 9.59 Å². The smallest absolute Gasteiger partial charge is 0.247 e. The van der Waals surface area contributed by atoms with Crippen LogP contribution in [0, 0.1) is 0 Å². The Labute approximate surface area is 140 Å². The van der Waals surface area contributed by atoms with Crippen molar-refractivity contribution >= 4 is 33.8 Å². The fourth-order valence-corrected chi connectivity index (χ4v) is 2.33. The number of halogens is 1. The number of benzene rings is 1. The molecule has 0 aliphatic heterocycles. The van der Waals surface area contributed by atoms with Crippen LogP contribution in [0.3, 0.4) is 0 Å². The van der Waals surface area contributed by atoms with Gasteiger partial charge in [-0.05, 0) is 36.6 Å². The standard InChI is InChI=1S/C17H23BrN2O2/c1-3-10-19-16(21)13-20(11-4-2)17(22)9-8-14-6-5-7-15(18)12-14/h5-9,12H,3-4,10-11,13H2,1-2H3,(H,19,21)/b9-8+. The monoisotopic (exact) mass is 366 g/mol. The lowest BCUT2D eigenvalue weighted by Gasteiger charge is -2.19. The quantitative estimate of drug-likeness (QED) is 0.718. The minimum atomic E-state index is -0.145. The maximum absolute atomic E-state index is 12.2. The maximum Gasteiger partial charge on any atom is 0.247 e. The van der Waals surface area contributed by atoms with Gasteiger partial charge in [0.05, 0.1) is 6.54 Å². The molecule has 0 heterocycles. The van der Waals surface area contributed by atoms with E-state index in [1.807, 2.05) is 38.1 Å². The number of hydrogen-bond donors (Lipinski definition) is 1. The highest BCUT2D eigenvalue weighted by Crippen LogP contribution is 2.12. The van der Waals surface area contributed by atoms with Crippen LogP contribution in [0.2, 0.25) is 0 Å². The number of nitrogens with one attached hydrogen (secondary N) is 1. The number of rotatable bonds is 8. The maximum atomic E-state index is 12.2. The second-order valence-corrected chi connectivity index (χ2v) is 5.91. The molecular formula is C17H23BrN2O2. The molecule has 5 heteroatoms. The molecule has 22 heavy (non-hydrogen) atoms. The molecule has 0 atom stereocenters. The van der Waals surface area contributed by atoms with Crippen molar-refractivity contribution in [1.82, 2.24) is 10.2 Å². The fourth-order valence-electron chi connectivity index (χ4n) is 1.91. The number of nitrogens with zero attached hydrogens (tertiary/aromatic N) is 1. The number of carbonyl (C=O) groups is 2. The number of carbonyl (C=O) groups excluding carboxylic acids is 2. The Balaban J connectivity index is 2.66. The zero-order chi connectivity index (χ0) is 16.4. The summed E-state index contributed by atoms with van der Waals surface area (Å²) in [6.45, 7) is 5.30. The van der Waals surface area contributed by atoms with Crippen molar-refractivity contribution in [3.63, 3.8) is 0 Å². The molecule has 0 aliphatic rings. The summed E-state index contributed by atoms with van der Waals surface area (Å²) in [7, 11) is 0. The third-order valence-electron chi connectivity index (χ3n) is 2.98. The summed E-state index contributed by atoms with van der Waals surface area (Å²) in [6, 6.07) is 7.70. The first kappa shape index (κ1) is 18.4. The number of hydrogen-bond acceptors (Lipinski definition) is 2. The van der Waals surface area contributed by atoms with E-state index in [2.05, 4.69) is 21.2 Å². The average molecular weight is 367 g/mol. The fraction of sp³-hybridized carbons (Fsp3) is 0.412. The third kappa shape index (κ3) is 6.89. The van der Waals surface area contributed by atoms with Crippen LogP contribution in [0.5, 0.6) is 0 Å². The largest absolute Gasteiger partial charge is 0.355 e. The summed E-state index contributed by atoms with van der Waals surface area (Å²) in [6.07, 6.45) is 4.98. The topological polar surface area (TPSA) is 49.4 Å². The van der Waals surface area contributed by atoms with Crippen LogP contribution in [-0.4, -0.2) is 36.3 Å². The van der Waals surface area contributed by atoms with Crippen LogP contribution < -0.4 is 5.32 Å². The molecule has 4 nitrogen and oxygen atoms in total. The predicted molar refractivity (Wildman–Crippen MR) is 93.3 cm³/mol. The molecule has 120 valence electrons. The molecule has 0 bridgehead atoms. The van der Waals surface area contributed by atoms with E-state index in [1.54, 1.807) is 11.0 Å². The van der Waals surface area contributed by atoms with Crippen LogP contribution >= 0.6 is 15.9 Å². The van der Waals surface area contributed by atoms with E-state index in [0.29, 0.717) is 13.1 Å². The molecule has 1 rings (SSSR count). The molecule has 0 aliphatic carbocycles. The van der Waals surface area contributed by atoms with Crippen molar-refractivity contribution in [1.29, 1.82) is 0 Å². The first-order chi connectivity index (χ1) is 10.6. The molecule has 0 saturated carbocycles. The third-order valence-corrected chi connectivity index (χ3v) is 3.47. The molecule has 0 saturated heterocycles. The second-order valence-electron chi connectivity index (χ2n) is 5.00. The van der Waals surface area contributed by atoms with Crippen LogP contribution in [0.1, 0.15) is 32.3 Å². The van der Waals surface area contributed by atoms with Gasteiger partial charge < -0.3 is 10.2 Å². The van der Waals surface area contributed by atoms with Gasteiger partial charge in [0.25, 0.3) is 0 Å². The first-order valence-electron chi connectivity index (χ1n) is 7.56. The highest BCUT2D eigenvalue weighted by atomic mass is 79.9. The lowest BCUT2D eigenvalue weighted by molar-refractivity contribution is -0.132. The first-order valence-corrected chi connectivity index (χ1v) is 8.35. The molecule has 0 spiro atoms. The lowest BCUT2D eigenvalue weighted by atomic mass is 10.2. The van der Waals surface area contributed by atoms with Crippen molar-refractivity contribution in [3.8, 4) is 0 Å². The Morgan fingerprint density at radius 1 is 1.27 bits per heavy atom. The molecule has 0 fully saturated rings. The van der Waals surface area contributed by atoms with Crippen molar-refractivity contribution in [2.75, 3.05) is 19.6 Å². The van der Waals surface area contributed by atoms with E-state index < -0.39 is 0 Å². The van der Waals surface area contributed by atoms with Crippen LogP contribution in [0.4, 0.5) is 0 Å². The molecule has 0 unspecified atom stereocenters. The Morgan fingerprint density at radius 3 is 2.68 bits per heavy atom. The van der Waals surface area contributed by atoms with E-state index in [4.69, 9.17) is 0 Å². The van der Waals surface area contributed by atoms with Crippen LogP contribution in [0.25, 0.3) is 6.08 Å². The predicted octanol–water partition coefficient (Wildman–Crippen LogP) is 3.23. The zero-order valence-electron chi connectivity index (χ0n) is 13.1. The summed E-state index contributed by atoms with van der Waals surface area (Å²) >= 11 is 3.40. The Hall–Kier alpha value is -1.62. The van der Waals surface area contributed by atoms with Gasteiger partial charge in [0.1, 0.15) is 0 Å². The summed E-state index contributed by atoms with van der Waals surface area (Å²) in [4.78, 5) is 25.6.